The quantitative estimate of drug-likeness (QED) is 0.483. The molecule has 1 atom stereocenters. The van der Waals surface area contributed by atoms with Crippen molar-refractivity contribution in [3.63, 3.8) is 0 Å². The number of nitrogens with zero attached hydrogens (tertiary/aromatic N) is 1. The van der Waals surface area contributed by atoms with Crippen molar-refractivity contribution in [2.24, 2.45) is 0 Å². The summed E-state index contributed by atoms with van der Waals surface area (Å²) >= 11 is 0. The number of hydrogen-bond acceptors (Lipinski definition) is 5. The van der Waals surface area contributed by atoms with Gasteiger partial charge in [0.1, 0.15) is 5.75 Å². The van der Waals surface area contributed by atoms with Gasteiger partial charge in [0, 0.05) is 17.8 Å². The SMILES string of the molecule is Cc1cc(C)c(NC(=O)[C@@H](C)Oc2ccc([N+](=O)[O-])cc2C=O)c(C)c1. The van der Waals surface area contributed by atoms with Crippen LogP contribution in [0.2, 0.25) is 0 Å². The molecule has 2 aromatic rings. The molecule has 2 aromatic carbocycles. The highest BCUT2D eigenvalue weighted by Crippen LogP contribution is 2.25. The maximum Gasteiger partial charge on any atom is 0.270 e. The number of nitro groups is 1. The second kappa shape index (κ2) is 7.77. The van der Waals surface area contributed by atoms with Crippen LogP contribution in [0.15, 0.2) is 30.3 Å². The molecule has 0 aliphatic heterocycles. The fourth-order valence-corrected chi connectivity index (χ4v) is 2.69. The number of amides is 1. The molecule has 0 aliphatic rings. The topological polar surface area (TPSA) is 98.5 Å². The molecule has 0 aliphatic carbocycles. The lowest BCUT2D eigenvalue weighted by Crippen LogP contribution is -2.31. The third-order valence-electron chi connectivity index (χ3n) is 3.93. The molecule has 0 fully saturated rings. The van der Waals surface area contributed by atoms with E-state index in [-0.39, 0.29) is 22.9 Å². The van der Waals surface area contributed by atoms with Crippen molar-refractivity contribution in [2.75, 3.05) is 5.32 Å². The van der Waals surface area contributed by atoms with Crippen LogP contribution in [0.3, 0.4) is 0 Å². The van der Waals surface area contributed by atoms with Gasteiger partial charge in [0.05, 0.1) is 10.5 Å². The number of aldehydes is 1. The standard InChI is InChI=1S/C19H20N2O5/c1-11-7-12(2)18(13(3)8-11)20-19(23)14(4)26-17-6-5-16(21(24)25)9-15(17)10-22/h5-10,14H,1-4H3,(H,20,23)/t14-/m1/s1. The number of nitro benzene ring substituents is 1. The summed E-state index contributed by atoms with van der Waals surface area (Å²) < 4.78 is 5.54. The van der Waals surface area contributed by atoms with E-state index in [4.69, 9.17) is 4.74 Å². The first kappa shape index (κ1) is 19.1. The van der Waals surface area contributed by atoms with E-state index in [1.165, 1.54) is 12.1 Å². The Balaban J connectivity index is 2.17. The molecule has 0 aromatic heterocycles. The molecular weight excluding hydrogens is 336 g/mol. The minimum atomic E-state index is -0.893. The number of benzene rings is 2. The third-order valence-corrected chi connectivity index (χ3v) is 3.93. The first-order valence-electron chi connectivity index (χ1n) is 8.02. The Bertz CT molecular complexity index is 853. The molecule has 1 N–H and O–H groups in total. The van der Waals surface area contributed by atoms with E-state index in [1.54, 1.807) is 6.92 Å². The summed E-state index contributed by atoms with van der Waals surface area (Å²) in [5, 5.41) is 13.6. The second-order valence-corrected chi connectivity index (χ2v) is 6.12. The van der Waals surface area contributed by atoms with E-state index >= 15 is 0 Å². The minimum absolute atomic E-state index is 0.0153. The first-order valence-corrected chi connectivity index (χ1v) is 8.02. The number of anilines is 1. The summed E-state index contributed by atoms with van der Waals surface area (Å²) in [6, 6.07) is 7.58. The van der Waals surface area contributed by atoms with Crippen LogP contribution in [0, 0.1) is 30.9 Å². The van der Waals surface area contributed by atoms with Crippen molar-refractivity contribution in [3.8, 4) is 5.75 Å². The van der Waals surface area contributed by atoms with E-state index in [2.05, 4.69) is 5.32 Å². The summed E-state index contributed by atoms with van der Waals surface area (Å²) in [7, 11) is 0. The van der Waals surface area contributed by atoms with E-state index in [9.17, 15) is 19.7 Å². The minimum Gasteiger partial charge on any atom is -0.480 e. The first-order chi connectivity index (χ1) is 12.2. The number of non-ortho nitro benzene ring substituents is 1. The lowest BCUT2D eigenvalue weighted by molar-refractivity contribution is -0.384. The number of ether oxygens (including phenoxy) is 1. The zero-order valence-electron chi connectivity index (χ0n) is 15.0. The summed E-state index contributed by atoms with van der Waals surface area (Å²) in [4.78, 5) is 33.8. The Labute approximate surface area is 151 Å². The molecule has 0 saturated heterocycles. The van der Waals surface area contributed by atoms with E-state index in [0.29, 0.717) is 6.29 Å². The molecule has 0 heterocycles. The van der Waals surface area contributed by atoms with E-state index < -0.39 is 11.0 Å². The van der Waals surface area contributed by atoms with Gasteiger partial charge in [0.25, 0.3) is 11.6 Å². The summed E-state index contributed by atoms with van der Waals surface area (Å²) in [5.41, 5.74) is 3.49. The van der Waals surface area contributed by atoms with Crippen LogP contribution in [0.5, 0.6) is 5.75 Å². The van der Waals surface area contributed by atoms with Crippen molar-refractivity contribution < 1.29 is 19.2 Å². The number of carbonyl (C=O) groups is 2. The lowest BCUT2D eigenvalue weighted by atomic mass is 10.0. The average Bonchev–Trinajstić information content (AvgIpc) is 2.57. The summed E-state index contributed by atoms with van der Waals surface area (Å²) in [5.74, 6) is -0.263. The maximum atomic E-state index is 12.4. The summed E-state index contributed by atoms with van der Waals surface area (Å²) in [6.45, 7) is 7.33. The van der Waals surface area contributed by atoms with Crippen LogP contribution < -0.4 is 10.1 Å². The molecular formula is C19H20N2O5. The van der Waals surface area contributed by atoms with Gasteiger partial charge in [0.15, 0.2) is 12.4 Å². The van der Waals surface area contributed by atoms with Gasteiger partial charge in [-0.1, -0.05) is 17.7 Å². The van der Waals surface area contributed by atoms with Crippen LogP contribution in [0.25, 0.3) is 0 Å². The predicted octanol–water partition coefficient (Wildman–Crippen LogP) is 3.74. The highest BCUT2D eigenvalue weighted by molar-refractivity contribution is 5.95. The monoisotopic (exact) mass is 356 g/mol. The van der Waals surface area contributed by atoms with Crippen molar-refractivity contribution in [2.45, 2.75) is 33.8 Å². The van der Waals surface area contributed by atoms with Crippen molar-refractivity contribution >= 4 is 23.6 Å². The molecule has 7 heteroatoms. The average molecular weight is 356 g/mol. The fraction of sp³-hybridized carbons (Fsp3) is 0.263. The Morgan fingerprint density at radius 3 is 2.35 bits per heavy atom. The molecule has 2 rings (SSSR count). The molecule has 0 radical (unpaired) electrons. The van der Waals surface area contributed by atoms with Gasteiger partial charge in [-0.3, -0.25) is 19.7 Å². The van der Waals surface area contributed by atoms with Crippen molar-refractivity contribution in [1.29, 1.82) is 0 Å². The predicted molar refractivity (Wildman–Crippen MR) is 97.9 cm³/mol. The van der Waals surface area contributed by atoms with Crippen LogP contribution in [0.1, 0.15) is 34.0 Å². The molecule has 7 nitrogen and oxygen atoms in total. The Hall–Kier alpha value is -3.22. The van der Waals surface area contributed by atoms with Gasteiger partial charge in [-0.05, 0) is 44.9 Å². The summed E-state index contributed by atoms with van der Waals surface area (Å²) in [6.07, 6.45) is -0.434. The van der Waals surface area contributed by atoms with Crippen LogP contribution in [-0.4, -0.2) is 23.2 Å². The van der Waals surface area contributed by atoms with Gasteiger partial charge < -0.3 is 10.1 Å². The van der Waals surface area contributed by atoms with Crippen LogP contribution >= 0.6 is 0 Å². The van der Waals surface area contributed by atoms with Gasteiger partial charge in [-0.25, -0.2) is 0 Å². The smallest absolute Gasteiger partial charge is 0.270 e. The van der Waals surface area contributed by atoms with Gasteiger partial charge in [-0.15, -0.1) is 0 Å². The molecule has 26 heavy (non-hydrogen) atoms. The second-order valence-electron chi connectivity index (χ2n) is 6.12. The highest BCUT2D eigenvalue weighted by Gasteiger charge is 2.19. The number of aryl methyl sites for hydroxylation is 3. The third kappa shape index (κ3) is 4.24. The normalized spacial score (nSPS) is 11.5. The largest absolute Gasteiger partial charge is 0.480 e. The molecule has 0 unspecified atom stereocenters. The van der Waals surface area contributed by atoms with Crippen molar-refractivity contribution in [3.05, 3.63) is 62.7 Å². The van der Waals surface area contributed by atoms with Gasteiger partial charge in [0.2, 0.25) is 0 Å². The Morgan fingerprint density at radius 1 is 1.19 bits per heavy atom. The van der Waals surface area contributed by atoms with E-state index in [0.717, 1.165) is 28.4 Å². The molecule has 0 bridgehead atoms. The van der Waals surface area contributed by atoms with E-state index in [1.807, 2.05) is 32.9 Å². The number of nitrogens with one attached hydrogen (secondary N) is 1. The number of hydrogen-bond donors (Lipinski definition) is 1. The molecule has 0 spiro atoms. The molecule has 136 valence electrons. The number of carbonyl (C=O) groups excluding carboxylic acids is 2. The zero-order chi connectivity index (χ0) is 19.4. The van der Waals surface area contributed by atoms with Gasteiger partial charge >= 0.3 is 0 Å². The fourth-order valence-electron chi connectivity index (χ4n) is 2.69. The Morgan fingerprint density at radius 2 is 1.81 bits per heavy atom. The van der Waals surface area contributed by atoms with Crippen LogP contribution in [-0.2, 0) is 4.79 Å². The van der Waals surface area contributed by atoms with Gasteiger partial charge in [-0.2, -0.15) is 0 Å². The Kier molecular flexibility index (Phi) is 5.71. The molecule has 1 amide bonds. The molecule has 0 saturated carbocycles. The lowest BCUT2D eigenvalue weighted by Gasteiger charge is -2.18. The highest BCUT2D eigenvalue weighted by atomic mass is 16.6. The zero-order valence-corrected chi connectivity index (χ0v) is 15.0. The maximum absolute atomic E-state index is 12.4. The van der Waals surface area contributed by atoms with Crippen molar-refractivity contribution in [1.82, 2.24) is 0 Å². The van der Waals surface area contributed by atoms with Crippen LogP contribution in [0.4, 0.5) is 11.4 Å². The number of rotatable bonds is 6.